The van der Waals surface area contributed by atoms with Gasteiger partial charge in [-0.15, -0.1) is 0 Å². The number of ketones is 1. The molecule has 1 fully saturated rings. The molecule has 2 N–H and O–H groups in total. The topological polar surface area (TPSA) is 52.3 Å². The minimum absolute atomic E-state index is 0.153. The summed E-state index contributed by atoms with van der Waals surface area (Å²) in [6, 6.07) is 0.218. The number of carbonyl (C=O) groups excluding carboxylic acids is 1. The van der Waals surface area contributed by atoms with Crippen LogP contribution in [0, 0.1) is 11.8 Å². The number of Topliss-reactive ketones (excluding diaryl/α,β-unsaturated/α-hetero) is 1. The number of hydrogen-bond acceptors (Lipinski definition) is 3. The predicted octanol–water partition coefficient (Wildman–Crippen LogP) is 0.965. The van der Waals surface area contributed by atoms with Crippen LogP contribution in [-0.4, -0.2) is 25.5 Å². The van der Waals surface area contributed by atoms with Gasteiger partial charge in [0.1, 0.15) is 6.61 Å². The molecule has 3 heteroatoms. The van der Waals surface area contributed by atoms with Crippen LogP contribution in [0.4, 0.5) is 0 Å². The van der Waals surface area contributed by atoms with Crippen molar-refractivity contribution in [3.63, 3.8) is 0 Å². The maximum atomic E-state index is 11.6. The quantitative estimate of drug-likeness (QED) is 0.710. The Bertz CT molecular complexity index is 182. The van der Waals surface area contributed by atoms with Crippen LogP contribution in [0.25, 0.3) is 0 Å². The lowest BCUT2D eigenvalue weighted by Gasteiger charge is -2.15. The van der Waals surface area contributed by atoms with E-state index in [0.29, 0.717) is 5.92 Å². The SMILES string of the molecule is CCC1CC(N)CC1C(=O)COC. The summed E-state index contributed by atoms with van der Waals surface area (Å²) >= 11 is 0. The molecule has 0 saturated heterocycles. The van der Waals surface area contributed by atoms with Crippen LogP contribution >= 0.6 is 0 Å². The zero-order chi connectivity index (χ0) is 9.84. The van der Waals surface area contributed by atoms with E-state index in [1.807, 2.05) is 0 Å². The van der Waals surface area contributed by atoms with E-state index >= 15 is 0 Å². The molecule has 0 amide bonds. The standard InChI is InChI=1S/C10H19NO2/c1-3-7-4-8(11)5-9(7)10(12)6-13-2/h7-9H,3-6,11H2,1-2H3. The van der Waals surface area contributed by atoms with E-state index in [4.69, 9.17) is 10.5 Å². The fourth-order valence-corrected chi connectivity index (χ4v) is 2.26. The minimum atomic E-state index is 0.153. The highest BCUT2D eigenvalue weighted by atomic mass is 16.5. The largest absolute Gasteiger partial charge is 0.377 e. The first-order valence-electron chi connectivity index (χ1n) is 4.96. The van der Waals surface area contributed by atoms with Gasteiger partial charge in [0.25, 0.3) is 0 Å². The van der Waals surface area contributed by atoms with Gasteiger partial charge in [0, 0.05) is 19.1 Å². The van der Waals surface area contributed by atoms with Crippen LogP contribution in [0.3, 0.4) is 0 Å². The molecule has 3 unspecified atom stereocenters. The van der Waals surface area contributed by atoms with Crippen LogP contribution in [0.5, 0.6) is 0 Å². The van der Waals surface area contributed by atoms with Crippen LogP contribution in [-0.2, 0) is 9.53 Å². The number of ether oxygens (including phenoxy) is 1. The Balaban J connectivity index is 2.52. The second kappa shape index (κ2) is 4.72. The molecule has 0 heterocycles. The molecule has 0 spiro atoms. The number of nitrogens with two attached hydrogens (primary N) is 1. The number of rotatable bonds is 4. The number of hydrogen-bond donors (Lipinski definition) is 1. The van der Waals surface area contributed by atoms with Gasteiger partial charge in [-0.25, -0.2) is 0 Å². The van der Waals surface area contributed by atoms with E-state index in [-0.39, 0.29) is 24.3 Å². The first-order chi connectivity index (χ1) is 6.19. The lowest BCUT2D eigenvalue weighted by molar-refractivity contribution is -0.127. The van der Waals surface area contributed by atoms with Crippen molar-refractivity contribution in [1.82, 2.24) is 0 Å². The molecule has 0 aromatic rings. The fourth-order valence-electron chi connectivity index (χ4n) is 2.26. The average Bonchev–Trinajstić information content (AvgIpc) is 2.47. The van der Waals surface area contributed by atoms with Crippen molar-refractivity contribution in [3.8, 4) is 0 Å². The molecule has 3 atom stereocenters. The highest BCUT2D eigenvalue weighted by Crippen LogP contribution is 2.33. The summed E-state index contributed by atoms with van der Waals surface area (Å²) < 4.78 is 4.85. The molecule has 1 aliphatic rings. The molecular weight excluding hydrogens is 166 g/mol. The number of carbonyl (C=O) groups is 1. The number of methoxy groups -OCH3 is 1. The minimum Gasteiger partial charge on any atom is -0.377 e. The van der Waals surface area contributed by atoms with E-state index in [0.717, 1.165) is 19.3 Å². The smallest absolute Gasteiger partial charge is 0.161 e. The van der Waals surface area contributed by atoms with Crippen LogP contribution in [0.15, 0.2) is 0 Å². The van der Waals surface area contributed by atoms with Crippen molar-refractivity contribution >= 4 is 5.78 Å². The Morgan fingerprint density at radius 1 is 1.54 bits per heavy atom. The van der Waals surface area contributed by atoms with Crippen molar-refractivity contribution in [2.24, 2.45) is 17.6 Å². The summed E-state index contributed by atoms with van der Waals surface area (Å²) in [5, 5.41) is 0. The summed E-state index contributed by atoms with van der Waals surface area (Å²) in [6.45, 7) is 2.36. The van der Waals surface area contributed by atoms with Crippen molar-refractivity contribution in [3.05, 3.63) is 0 Å². The molecule has 1 saturated carbocycles. The summed E-state index contributed by atoms with van der Waals surface area (Å²) in [5.41, 5.74) is 5.83. The fraction of sp³-hybridized carbons (Fsp3) is 0.900. The highest BCUT2D eigenvalue weighted by molar-refractivity contribution is 5.82. The van der Waals surface area contributed by atoms with Gasteiger partial charge in [0.05, 0.1) is 0 Å². The van der Waals surface area contributed by atoms with Gasteiger partial charge in [-0.05, 0) is 18.8 Å². The molecule has 76 valence electrons. The molecule has 0 radical (unpaired) electrons. The third-order valence-electron chi connectivity index (χ3n) is 2.96. The lowest BCUT2D eigenvalue weighted by Crippen LogP contribution is -2.23. The van der Waals surface area contributed by atoms with Crippen molar-refractivity contribution in [1.29, 1.82) is 0 Å². The third-order valence-corrected chi connectivity index (χ3v) is 2.96. The summed E-state index contributed by atoms with van der Waals surface area (Å²) in [4.78, 5) is 11.6. The first-order valence-corrected chi connectivity index (χ1v) is 4.96. The summed E-state index contributed by atoms with van der Waals surface area (Å²) in [7, 11) is 1.56. The molecule has 3 nitrogen and oxygen atoms in total. The van der Waals surface area contributed by atoms with Crippen LogP contribution in [0.2, 0.25) is 0 Å². The van der Waals surface area contributed by atoms with Crippen LogP contribution < -0.4 is 5.73 Å². The Morgan fingerprint density at radius 3 is 2.77 bits per heavy atom. The predicted molar refractivity (Wildman–Crippen MR) is 51.4 cm³/mol. The van der Waals surface area contributed by atoms with E-state index in [2.05, 4.69) is 6.92 Å². The normalized spacial score (nSPS) is 33.6. The van der Waals surface area contributed by atoms with E-state index < -0.39 is 0 Å². The monoisotopic (exact) mass is 185 g/mol. The zero-order valence-corrected chi connectivity index (χ0v) is 8.45. The van der Waals surface area contributed by atoms with Gasteiger partial charge >= 0.3 is 0 Å². The summed E-state index contributed by atoms with van der Waals surface area (Å²) in [6.07, 6.45) is 2.89. The maximum absolute atomic E-state index is 11.6. The summed E-state index contributed by atoms with van der Waals surface area (Å²) in [5.74, 6) is 0.861. The van der Waals surface area contributed by atoms with Crippen molar-refractivity contribution in [2.75, 3.05) is 13.7 Å². The maximum Gasteiger partial charge on any atom is 0.161 e. The van der Waals surface area contributed by atoms with E-state index in [1.165, 1.54) is 0 Å². The molecule has 0 aliphatic heterocycles. The molecule has 1 rings (SSSR count). The Labute approximate surface area is 79.6 Å². The van der Waals surface area contributed by atoms with Crippen molar-refractivity contribution in [2.45, 2.75) is 32.2 Å². The van der Waals surface area contributed by atoms with E-state index in [1.54, 1.807) is 7.11 Å². The van der Waals surface area contributed by atoms with Crippen LogP contribution in [0.1, 0.15) is 26.2 Å². The highest BCUT2D eigenvalue weighted by Gasteiger charge is 2.35. The van der Waals surface area contributed by atoms with Gasteiger partial charge in [-0.2, -0.15) is 0 Å². The molecular formula is C10H19NO2. The van der Waals surface area contributed by atoms with E-state index in [9.17, 15) is 4.79 Å². The molecule has 13 heavy (non-hydrogen) atoms. The first kappa shape index (κ1) is 10.7. The second-order valence-electron chi connectivity index (χ2n) is 3.91. The lowest BCUT2D eigenvalue weighted by atomic mass is 9.90. The zero-order valence-electron chi connectivity index (χ0n) is 8.45. The molecule has 0 aromatic carbocycles. The third kappa shape index (κ3) is 2.51. The van der Waals surface area contributed by atoms with Gasteiger partial charge in [0.15, 0.2) is 5.78 Å². The molecule has 1 aliphatic carbocycles. The molecule has 0 aromatic heterocycles. The van der Waals surface area contributed by atoms with Gasteiger partial charge in [-0.1, -0.05) is 13.3 Å². The molecule has 0 bridgehead atoms. The van der Waals surface area contributed by atoms with Gasteiger partial charge in [-0.3, -0.25) is 4.79 Å². The second-order valence-corrected chi connectivity index (χ2v) is 3.91. The average molecular weight is 185 g/mol. The van der Waals surface area contributed by atoms with Crippen molar-refractivity contribution < 1.29 is 9.53 Å². The Hall–Kier alpha value is -0.410. The van der Waals surface area contributed by atoms with Gasteiger partial charge < -0.3 is 10.5 Å². The van der Waals surface area contributed by atoms with Gasteiger partial charge in [0.2, 0.25) is 0 Å². The Morgan fingerprint density at radius 2 is 2.23 bits per heavy atom. The Kier molecular flexibility index (Phi) is 3.88.